The second kappa shape index (κ2) is 6.01. The van der Waals surface area contributed by atoms with Gasteiger partial charge in [0.2, 0.25) is 0 Å². The summed E-state index contributed by atoms with van der Waals surface area (Å²) in [5, 5.41) is 7.11. The molecule has 1 atom stereocenters. The number of nitrogens with zero attached hydrogens (tertiary/aromatic N) is 2. The Balaban J connectivity index is 1.51. The summed E-state index contributed by atoms with van der Waals surface area (Å²) in [5.74, 6) is 0.236. The molecule has 0 bridgehead atoms. The standard InChI is InChI=1S/C16H25N3O3/c1-11-4-6-16(7-5-11)21-10-13(22-16)9-17-15(20)14-8-12(2)18-19(14)3/h8,11,13H,4-7,9-10H2,1-3H3,(H,17,20)/t11?,13-,16?/m0/s1. The van der Waals surface area contributed by atoms with Crippen LogP contribution in [0.3, 0.4) is 0 Å². The van der Waals surface area contributed by atoms with Gasteiger partial charge in [-0.2, -0.15) is 5.10 Å². The summed E-state index contributed by atoms with van der Waals surface area (Å²) in [4.78, 5) is 12.2. The third-order valence-electron chi connectivity index (χ3n) is 4.67. The van der Waals surface area contributed by atoms with E-state index >= 15 is 0 Å². The SMILES string of the molecule is Cc1cc(C(=O)NC[C@H]2COC3(CCC(C)CC3)O2)n(C)n1. The first-order valence-electron chi connectivity index (χ1n) is 8.08. The number of aryl methyl sites for hydroxylation is 2. The van der Waals surface area contributed by atoms with Crippen LogP contribution >= 0.6 is 0 Å². The minimum Gasteiger partial charge on any atom is -0.348 e. The zero-order valence-electron chi connectivity index (χ0n) is 13.6. The van der Waals surface area contributed by atoms with Gasteiger partial charge in [0.15, 0.2) is 5.79 Å². The third-order valence-corrected chi connectivity index (χ3v) is 4.67. The van der Waals surface area contributed by atoms with E-state index in [0.29, 0.717) is 18.8 Å². The summed E-state index contributed by atoms with van der Waals surface area (Å²) in [5.41, 5.74) is 1.40. The van der Waals surface area contributed by atoms with Crippen LogP contribution < -0.4 is 5.32 Å². The second-order valence-electron chi connectivity index (χ2n) is 6.65. The van der Waals surface area contributed by atoms with Crippen LogP contribution in [0, 0.1) is 12.8 Å². The lowest BCUT2D eigenvalue weighted by Crippen LogP contribution is -2.38. The minimum atomic E-state index is -0.398. The van der Waals surface area contributed by atoms with Crippen molar-refractivity contribution >= 4 is 5.91 Å². The highest BCUT2D eigenvalue weighted by Crippen LogP contribution is 2.39. The van der Waals surface area contributed by atoms with Crippen molar-refractivity contribution in [2.75, 3.05) is 13.2 Å². The molecule has 1 saturated heterocycles. The summed E-state index contributed by atoms with van der Waals surface area (Å²) in [6, 6.07) is 1.78. The van der Waals surface area contributed by atoms with Gasteiger partial charge in [-0.1, -0.05) is 6.92 Å². The molecule has 1 aromatic rings. The number of rotatable bonds is 3. The highest BCUT2D eigenvalue weighted by Gasteiger charge is 2.43. The van der Waals surface area contributed by atoms with Crippen molar-refractivity contribution in [3.63, 3.8) is 0 Å². The molecule has 1 aliphatic heterocycles. The van der Waals surface area contributed by atoms with Crippen LogP contribution in [0.2, 0.25) is 0 Å². The molecule has 0 radical (unpaired) electrons. The highest BCUT2D eigenvalue weighted by atomic mass is 16.7. The van der Waals surface area contributed by atoms with E-state index in [1.165, 1.54) is 0 Å². The minimum absolute atomic E-state index is 0.0633. The zero-order chi connectivity index (χ0) is 15.7. The van der Waals surface area contributed by atoms with Crippen LogP contribution in [0.4, 0.5) is 0 Å². The van der Waals surface area contributed by atoms with Gasteiger partial charge in [0.25, 0.3) is 5.91 Å². The van der Waals surface area contributed by atoms with Gasteiger partial charge in [0.05, 0.1) is 12.3 Å². The van der Waals surface area contributed by atoms with Crippen molar-refractivity contribution < 1.29 is 14.3 Å². The van der Waals surface area contributed by atoms with E-state index in [0.717, 1.165) is 37.3 Å². The molecule has 1 spiro atoms. The van der Waals surface area contributed by atoms with Crippen LogP contribution in [0.25, 0.3) is 0 Å². The summed E-state index contributed by atoms with van der Waals surface area (Å²) < 4.78 is 13.6. The predicted octanol–water partition coefficient (Wildman–Crippen LogP) is 1.78. The first kappa shape index (κ1) is 15.5. The van der Waals surface area contributed by atoms with Gasteiger partial charge in [0.1, 0.15) is 11.8 Å². The summed E-state index contributed by atoms with van der Waals surface area (Å²) in [6.07, 6.45) is 4.14. The molecular formula is C16H25N3O3. The van der Waals surface area contributed by atoms with Gasteiger partial charge in [-0.15, -0.1) is 0 Å². The maximum atomic E-state index is 12.2. The second-order valence-corrected chi connectivity index (χ2v) is 6.65. The van der Waals surface area contributed by atoms with Gasteiger partial charge in [-0.3, -0.25) is 9.48 Å². The Morgan fingerprint density at radius 1 is 1.50 bits per heavy atom. The van der Waals surface area contributed by atoms with E-state index in [-0.39, 0.29) is 12.0 Å². The number of carbonyl (C=O) groups is 1. The smallest absolute Gasteiger partial charge is 0.269 e. The molecule has 1 saturated carbocycles. The van der Waals surface area contributed by atoms with Crippen molar-refractivity contribution in [3.8, 4) is 0 Å². The van der Waals surface area contributed by atoms with E-state index in [1.807, 2.05) is 6.92 Å². The maximum Gasteiger partial charge on any atom is 0.269 e. The van der Waals surface area contributed by atoms with Crippen LogP contribution in [0.5, 0.6) is 0 Å². The number of hydrogen-bond acceptors (Lipinski definition) is 4. The Bertz CT molecular complexity index is 547. The number of hydrogen-bond donors (Lipinski definition) is 1. The zero-order valence-corrected chi connectivity index (χ0v) is 13.6. The van der Waals surface area contributed by atoms with E-state index in [1.54, 1.807) is 17.8 Å². The lowest BCUT2D eigenvalue weighted by molar-refractivity contribution is -0.191. The molecule has 2 aliphatic rings. The molecule has 3 rings (SSSR count). The molecule has 2 heterocycles. The monoisotopic (exact) mass is 307 g/mol. The van der Waals surface area contributed by atoms with Crippen molar-refractivity contribution in [2.24, 2.45) is 13.0 Å². The molecule has 0 unspecified atom stereocenters. The first-order valence-corrected chi connectivity index (χ1v) is 8.08. The average Bonchev–Trinajstić information content (AvgIpc) is 3.04. The van der Waals surface area contributed by atoms with E-state index in [2.05, 4.69) is 17.3 Å². The average molecular weight is 307 g/mol. The normalized spacial score (nSPS) is 31.6. The molecule has 1 amide bonds. The molecule has 6 heteroatoms. The van der Waals surface area contributed by atoms with Crippen molar-refractivity contribution in [1.82, 2.24) is 15.1 Å². The third kappa shape index (κ3) is 3.17. The van der Waals surface area contributed by atoms with Gasteiger partial charge >= 0.3 is 0 Å². The quantitative estimate of drug-likeness (QED) is 0.924. The topological polar surface area (TPSA) is 65.4 Å². The lowest BCUT2D eigenvalue weighted by atomic mass is 9.86. The van der Waals surface area contributed by atoms with E-state index in [9.17, 15) is 4.79 Å². The van der Waals surface area contributed by atoms with Crippen LogP contribution in [0.1, 0.15) is 48.8 Å². The fourth-order valence-corrected chi connectivity index (χ4v) is 3.30. The van der Waals surface area contributed by atoms with Crippen LogP contribution in [-0.2, 0) is 16.5 Å². The predicted molar refractivity (Wildman–Crippen MR) is 81.5 cm³/mol. The fraction of sp³-hybridized carbons (Fsp3) is 0.750. The van der Waals surface area contributed by atoms with Gasteiger partial charge < -0.3 is 14.8 Å². The summed E-state index contributed by atoms with van der Waals surface area (Å²) in [6.45, 7) is 5.17. The van der Waals surface area contributed by atoms with E-state index in [4.69, 9.17) is 9.47 Å². The number of ether oxygens (including phenoxy) is 2. The van der Waals surface area contributed by atoms with Crippen molar-refractivity contribution in [3.05, 3.63) is 17.5 Å². The molecule has 1 N–H and O–H groups in total. The Labute approximate surface area is 131 Å². The number of carbonyl (C=O) groups excluding carboxylic acids is 1. The van der Waals surface area contributed by atoms with Crippen LogP contribution in [-0.4, -0.2) is 40.7 Å². The van der Waals surface area contributed by atoms with E-state index < -0.39 is 5.79 Å². The molecule has 1 aliphatic carbocycles. The molecule has 2 fully saturated rings. The fourth-order valence-electron chi connectivity index (χ4n) is 3.30. The van der Waals surface area contributed by atoms with Crippen molar-refractivity contribution in [1.29, 1.82) is 0 Å². The molecule has 1 aromatic heterocycles. The largest absolute Gasteiger partial charge is 0.348 e. The Morgan fingerprint density at radius 3 is 2.86 bits per heavy atom. The molecule has 0 aromatic carbocycles. The Morgan fingerprint density at radius 2 is 2.23 bits per heavy atom. The lowest BCUT2D eigenvalue weighted by Gasteiger charge is -2.34. The van der Waals surface area contributed by atoms with Crippen LogP contribution in [0.15, 0.2) is 6.07 Å². The summed E-state index contributed by atoms with van der Waals surface area (Å²) in [7, 11) is 1.77. The summed E-state index contributed by atoms with van der Waals surface area (Å²) >= 11 is 0. The highest BCUT2D eigenvalue weighted by molar-refractivity contribution is 5.92. The number of nitrogens with one attached hydrogen (secondary N) is 1. The van der Waals surface area contributed by atoms with Crippen molar-refractivity contribution in [2.45, 2.75) is 51.4 Å². The maximum absolute atomic E-state index is 12.2. The van der Waals surface area contributed by atoms with Gasteiger partial charge in [0, 0.05) is 26.4 Å². The molecule has 22 heavy (non-hydrogen) atoms. The van der Waals surface area contributed by atoms with Gasteiger partial charge in [-0.05, 0) is 31.7 Å². The Hall–Kier alpha value is -1.40. The molecule has 6 nitrogen and oxygen atoms in total. The van der Waals surface area contributed by atoms with Gasteiger partial charge in [-0.25, -0.2) is 0 Å². The number of aromatic nitrogens is 2. The number of amides is 1. The molecule has 122 valence electrons. The Kier molecular flexibility index (Phi) is 4.23. The first-order chi connectivity index (χ1) is 10.5. The molecular weight excluding hydrogens is 282 g/mol.